The molecule has 0 radical (unpaired) electrons. The molecule has 1 N–H and O–H groups in total. The monoisotopic (exact) mass is 310 g/mol. The molecule has 2 aromatic rings. The number of ether oxygens (including phenoxy) is 1. The van der Waals surface area contributed by atoms with E-state index in [0.717, 1.165) is 0 Å². The normalized spacial score (nSPS) is 11.2. The van der Waals surface area contributed by atoms with E-state index in [2.05, 4.69) is 10.4 Å². The first-order chi connectivity index (χ1) is 9.74. The van der Waals surface area contributed by atoms with E-state index >= 15 is 0 Å². The molecule has 0 aliphatic heterocycles. The molecule has 112 valence electrons. The molecule has 0 aliphatic rings. The van der Waals surface area contributed by atoms with Gasteiger partial charge in [-0.05, 0) is 26.8 Å². The van der Waals surface area contributed by atoms with Gasteiger partial charge in [-0.1, -0.05) is 11.6 Å². The molecule has 0 unspecified atom stereocenters. The van der Waals surface area contributed by atoms with Gasteiger partial charge in [0.15, 0.2) is 11.3 Å². The van der Waals surface area contributed by atoms with E-state index < -0.39 is 11.7 Å². The summed E-state index contributed by atoms with van der Waals surface area (Å²) in [7, 11) is 0. The zero-order valence-corrected chi connectivity index (χ0v) is 12.6. The largest absolute Gasteiger partial charge is 0.619 e. The SMILES string of the molecule is CC(C)(C)OC(=O)Nc1cn(-c2ccc[n+]([O-])c2)nc1Cl. The number of nitrogens with zero attached hydrogens (tertiary/aromatic N) is 3. The number of pyridine rings is 1. The van der Waals surface area contributed by atoms with Crippen LogP contribution < -0.4 is 10.0 Å². The lowest BCUT2D eigenvalue weighted by Crippen LogP contribution is -2.27. The number of carbonyl (C=O) groups is 1. The van der Waals surface area contributed by atoms with Crippen LogP contribution in [0.2, 0.25) is 5.15 Å². The molecule has 0 bridgehead atoms. The van der Waals surface area contributed by atoms with Gasteiger partial charge in [-0.3, -0.25) is 5.32 Å². The summed E-state index contributed by atoms with van der Waals surface area (Å²) in [5.41, 5.74) is 0.207. The summed E-state index contributed by atoms with van der Waals surface area (Å²) in [4.78, 5) is 11.7. The topological polar surface area (TPSA) is 83.1 Å². The van der Waals surface area contributed by atoms with Gasteiger partial charge in [0.05, 0.1) is 6.20 Å². The molecule has 0 fully saturated rings. The maximum absolute atomic E-state index is 11.7. The average Bonchev–Trinajstić information content (AvgIpc) is 2.68. The third-order valence-corrected chi connectivity index (χ3v) is 2.61. The molecule has 2 aromatic heterocycles. The Hall–Kier alpha value is -2.28. The minimum Gasteiger partial charge on any atom is -0.619 e. The molecule has 0 saturated heterocycles. The Balaban J connectivity index is 2.18. The quantitative estimate of drug-likeness (QED) is 0.682. The van der Waals surface area contributed by atoms with Crippen LogP contribution in [0.4, 0.5) is 10.5 Å². The van der Waals surface area contributed by atoms with Crippen LogP contribution in [0.25, 0.3) is 5.69 Å². The summed E-state index contributed by atoms with van der Waals surface area (Å²) >= 11 is 5.96. The van der Waals surface area contributed by atoms with Crippen molar-refractivity contribution in [1.29, 1.82) is 0 Å². The van der Waals surface area contributed by atoms with E-state index in [0.29, 0.717) is 16.1 Å². The van der Waals surface area contributed by atoms with Crippen LogP contribution in [0.3, 0.4) is 0 Å². The van der Waals surface area contributed by atoms with Crippen molar-refractivity contribution < 1.29 is 14.3 Å². The molecular formula is C13H15ClN4O3. The van der Waals surface area contributed by atoms with E-state index in [4.69, 9.17) is 16.3 Å². The van der Waals surface area contributed by atoms with Gasteiger partial charge in [0.2, 0.25) is 6.20 Å². The standard InChI is InChI=1S/C13H15ClN4O3/c1-13(2,3)21-12(19)15-10-8-18(16-11(10)14)9-5-4-6-17(20)7-9/h4-8H,1-3H3,(H,15,19). The zero-order chi connectivity index (χ0) is 15.6. The lowest BCUT2D eigenvalue weighted by Gasteiger charge is -2.19. The van der Waals surface area contributed by atoms with Gasteiger partial charge in [-0.2, -0.15) is 9.83 Å². The Kier molecular flexibility index (Phi) is 4.04. The second-order valence-corrected chi connectivity index (χ2v) is 5.69. The number of rotatable bonds is 2. The number of hydrogen-bond acceptors (Lipinski definition) is 4. The van der Waals surface area contributed by atoms with E-state index in [-0.39, 0.29) is 5.15 Å². The first-order valence-corrected chi connectivity index (χ1v) is 6.57. The van der Waals surface area contributed by atoms with Gasteiger partial charge in [0.25, 0.3) is 0 Å². The van der Waals surface area contributed by atoms with Crippen LogP contribution >= 0.6 is 11.6 Å². The third kappa shape index (κ3) is 4.09. The van der Waals surface area contributed by atoms with Crippen LogP contribution in [0.5, 0.6) is 0 Å². The first kappa shape index (κ1) is 15.1. The molecule has 0 aliphatic carbocycles. The Morgan fingerprint density at radius 1 is 1.52 bits per heavy atom. The van der Waals surface area contributed by atoms with Crippen molar-refractivity contribution in [2.24, 2.45) is 0 Å². The summed E-state index contributed by atoms with van der Waals surface area (Å²) in [5, 5.41) is 17.9. The van der Waals surface area contributed by atoms with Crippen molar-refractivity contribution in [3.8, 4) is 5.69 Å². The fourth-order valence-corrected chi connectivity index (χ4v) is 1.74. The molecule has 0 saturated carbocycles. The molecule has 2 heterocycles. The van der Waals surface area contributed by atoms with Gasteiger partial charge in [0, 0.05) is 6.07 Å². The maximum Gasteiger partial charge on any atom is 0.412 e. The fourth-order valence-electron chi connectivity index (χ4n) is 1.56. The number of carbonyl (C=O) groups excluding carboxylic acids is 1. The molecule has 2 rings (SSSR count). The highest BCUT2D eigenvalue weighted by atomic mass is 35.5. The second kappa shape index (κ2) is 5.61. The van der Waals surface area contributed by atoms with Crippen molar-refractivity contribution in [3.63, 3.8) is 0 Å². The highest BCUT2D eigenvalue weighted by Gasteiger charge is 2.18. The maximum atomic E-state index is 11.7. The van der Waals surface area contributed by atoms with Crippen molar-refractivity contribution in [3.05, 3.63) is 41.1 Å². The first-order valence-electron chi connectivity index (χ1n) is 6.19. The summed E-state index contributed by atoms with van der Waals surface area (Å²) in [6.07, 6.45) is 3.56. The summed E-state index contributed by atoms with van der Waals surface area (Å²) in [5.74, 6) is 0. The second-order valence-electron chi connectivity index (χ2n) is 5.33. The van der Waals surface area contributed by atoms with Gasteiger partial charge >= 0.3 is 6.09 Å². The molecule has 0 spiro atoms. The molecule has 1 amide bonds. The molecule has 8 heteroatoms. The van der Waals surface area contributed by atoms with Crippen molar-refractivity contribution >= 4 is 23.4 Å². The van der Waals surface area contributed by atoms with E-state index in [9.17, 15) is 10.0 Å². The van der Waals surface area contributed by atoms with Gasteiger partial charge in [-0.25, -0.2) is 9.48 Å². The molecule has 21 heavy (non-hydrogen) atoms. The number of aromatic nitrogens is 3. The summed E-state index contributed by atoms with van der Waals surface area (Å²) in [6.45, 7) is 5.28. The Morgan fingerprint density at radius 3 is 2.86 bits per heavy atom. The van der Waals surface area contributed by atoms with Gasteiger partial charge < -0.3 is 9.94 Å². The van der Waals surface area contributed by atoms with Crippen LogP contribution in [-0.4, -0.2) is 21.5 Å². The highest BCUT2D eigenvalue weighted by Crippen LogP contribution is 2.22. The molecule has 0 atom stereocenters. The Bertz CT molecular complexity index is 664. The minimum absolute atomic E-state index is 0.0992. The van der Waals surface area contributed by atoms with Crippen molar-refractivity contribution in [2.75, 3.05) is 5.32 Å². The van der Waals surface area contributed by atoms with Crippen LogP contribution in [0, 0.1) is 5.21 Å². The summed E-state index contributed by atoms with van der Waals surface area (Å²) < 4.78 is 7.17. The average molecular weight is 311 g/mol. The van der Waals surface area contributed by atoms with Crippen LogP contribution in [-0.2, 0) is 4.74 Å². The number of anilines is 1. The minimum atomic E-state index is -0.629. The third-order valence-electron chi connectivity index (χ3n) is 2.33. The Labute approximate surface area is 126 Å². The lowest BCUT2D eigenvalue weighted by molar-refractivity contribution is -0.605. The highest BCUT2D eigenvalue weighted by molar-refractivity contribution is 6.32. The van der Waals surface area contributed by atoms with Crippen molar-refractivity contribution in [2.45, 2.75) is 26.4 Å². The predicted octanol–water partition coefficient (Wildman–Crippen LogP) is 2.51. The summed E-state index contributed by atoms with van der Waals surface area (Å²) in [6, 6.07) is 3.27. The van der Waals surface area contributed by atoms with Crippen LogP contribution in [0.15, 0.2) is 30.7 Å². The van der Waals surface area contributed by atoms with E-state index in [1.807, 2.05) is 0 Å². The lowest BCUT2D eigenvalue weighted by atomic mass is 10.2. The number of halogens is 1. The fraction of sp³-hybridized carbons (Fsp3) is 0.308. The van der Waals surface area contributed by atoms with E-state index in [1.54, 1.807) is 32.9 Å². The zero-order valence-electron chi connectivity index (χ0n) is 11.8. The molecular weight excluding hydrogens is 296 g/mol. The molecule has 0 aromatic carbocycles. The number of amides is 1. The van der Waals surface area contributed by atoms with Crippen LogP contribution in [0.1, 0.15) is 20.8 Å². The van der Waals surface area contributed by atoms with E-state index in [1.165, 1.54) is 23.3 Å². The van der Waals surface area contributed by atoms with Gasteiger partial charge in [-0.15, -0.1) is 0 Å². The van der Waals surface area contributed by atoms with Gasteiger partial charge in [0.1, 0.15) is 17.0 Å². The van der Waals surface area contributed by atoms with Crippen molar-refractivity contribution in [1.82, 2.24) is 9.78 Å². The smallest absolute Gasteiger partial charge is 0.412 e. The number of nitrogens with one attached hydrogen (secondary N) is 1. The Morgan fingerprint density at radius 2 is 2.24 bits per heavy atom. The number of hydrogen-bond donors (Lipinski definition) is 1. The predicted molar refractivity (Wildman–Crippen MR) is 77.4 cm³/mol. The molecule has 7 nitrogen and oxygen atoms in total.